The molecule has 0 spiro atoms. The molecule has 1 atom stereocenters. The molecule has 0 radical (unpaired) electrons. The molecule has 6 nitrogen and oxygen atoms in total. The van der Waals surface area contributed by atoms with Crippen molar-refractivity contribution in [2.24, 2.45) is 5.92 Å². The van der Waals surface area contributed by atoms with Gasteiger partial charge in [0.15, 0.2) is 0 Å². The molecule has 0 aliphatic heterocycles. The van der Waals surface area contributed by atoms with Crippen molar-refractivity contribution in [1.29, 1.82) is 0 Å². The standard InChI is InChI=1S/C22H23NO5S/c1-4-14-7-8-16-15(11-19(24)28-17(16)10-14)12-27-22(26)20(13(2)3)23-21(25)18-6-5-9-29-18/h5-11,13,20H,4,12H2,1-3H3,(H,23,25)/t20-/m0/s1. The number of amides is 1. The number of hydrogen-bond acceptors (Lipinski definition) is 6. The summed E-state index contributed by atoms with van der Waals surface area (Å²) >= 11 is 1.30. The van der Waals surface area contributed by atoms with E-state index in [1.54, 1.807) is 17.5 Å². The Kier molecular flexibility index (Phi) is 6.49. The topological polar surface area (TPSA) is 85.6 Å². The number of benzene rings is 1. The van der Waals surface area contributed by atoms with E-state index in [9.17, 15) is 14.4 Å². The molecule has 1 amide bonds. The maximum Gasteiger partial charge on any atom is 0.336 e. The molecule has 152 valence electrons. The van der Waals surface area contributed by atoms with Crippen LogP contribution in [-0.2, 0) is 22.6 Å². The van der Waals surface area contributed by atoms with Gasteiger partial charge in [-0.3, -0.25) is 4.79 Å². The fourth-order valence-corrected chi connectivity index (χ4v) is 3.60. The quantitative estimate of drug-likeness (QED) is 0.469. The highest BCUT2D eigenvalue weighted by Crippen LogP contribution is 2.20. The summed E-state index contributed by atoms with van der Waals surface area (Å²) in [7, 11) is 0. The molecule has 1 aromatic carbocycles. The summed E-state index contributed by atoms with van der Waals surface area (Å²) in [6, 6.07) is 9.64. The minimum absolute atomic E-state index is 0.0789. The Labute approximate surface area is 172 Å². The summed E-state index contributed by atoms with van der Waals surface area (Å²) < 4.78 is 10.7. The molecule has 0 unspecified atom stereocenters. The van der Waals surface area contributed by atoms with Gasteiger partial charge in [-0.25, -0.2) is 9.59 Å². The monoisotopic (exact) mass is 413 g/mol. The molecule has 7 heteroatoms. The molecule has 0 saturated heterocycles. The first-order chi connectivity index (χ1) is 13.9. The van der Waals surface area contributed by atoms with Gasteiger partial charge in [-0.1, -0.05) is 39.0 Å². The van der Waals surface area contributed by atoms with Gasteiger partial charge in [-0.2, -0.15) is 0 Å². The number of ether oxygens (including phenoxy) is 1. The Balaban J connectivity index is 1.76. The van der Waals surface area contributed by atoms with Crippen LogP contribution in [0, 0.1) is 5.92 Å². The van der Waals surface area contributed by atoms with Crippen LogP contribution in [0.15, 0.2) is 51.0 Å². The highest BCUT2D eigenvalue weighted by atomic mass is 32.1. The van der Waals surface area contributed by atoms with Crippen molar-refractivity contribution in [1.82, 2.24) is 5.32 Å². The summed E-state index contributed by atoms with van der Waals surface area (Å²) in [5.74, 6) is -1.01. The second kappa shape index (κ2) is 9.05. The van der Waals surface area contributed by atoms with Crippen LogP contribution in [0.2, 0.25) is 0 Å². The molecule has 1 N–H and O–H groups in total. The lowest BCUT2D eigenvalue weighted by atomic mass is 10.0. The molecule has 0 aliphatic carbocycles. The van der Waals surface area contributed by atoms with E-state index >= 15 is 0 Å². The Morgan fingerprint density at radius 1 is 1.21 bits per heavy atom. The van der Waals surface area contributed by atoms with Crippen molar-refractivity contribution in [3.8, 4) is 0 Å². The van der Waals surface area contributed by atoms with Crippen LogP contribution in [0.1, 0.15) is 41.6 Å². The van der Waals surface area contributed by atoms with Crippen molar-refractivity contribution in [2.75, 3.05) is 0 Å². The lowest BCUT2D eigenvalue weighted by molar-refractivity contribution is -0.148. The number of esters is 1. The summed E-state index contributed by atoms with van der Waals surface area (Å²) in [4.78, 5) is 37.4. The van der Waals surface area contributed by atoms with E-state index < -0.39 is 17.6 Å². The van der Waals surface area contributed by atoms with Gasteiger partial charge in [0.25, 0.3) is 5.91 Å². The van der Waals surface area contributed by atoms with Gasteiger partial charge in [0.05, 0.1) is 4.88 Å². The maximum atomic E-state index is 12.6. The molecule has 0 saturated carbocycles. The molecule has 3 aromatic rings. The van der Waals surface area contributed by atoms with Crippen LogP contribution in [0.5, 0.6) is 0 Å². The summed E-state index contributed by atoms with van der Waals surface area (Å²) in [5.41, 5.74) is 1.59. The lowest BCUT2D eigenvalue weighted by Crippen LogP contribution is -2.45. The molecule has 0 aliphatic rings. The second-order valence-corrected chi connectivity index (χ2v) is 8.00. The van der Waals surface area contributed by atoms with Crippen LogP contribution in [0.4, 0.5) is 0 Å². The molecule has 2 heterocycles. The molecule has 0 bridgehead atoms. The number of fused-ring (bicyclic) bond motifs is 1. The van der Waals surface area contributed by atoms with E-state index in [2.05, 4.69) is 5.32 Å². The van der Waals surface area contributed by atoms with Gasteiger partial charge < -0.3 is 14.5 Å². The molecular weight excluding hydrogens is 390 g/mol. The highest BCUT2D eigenvalue weighted by Gasteiger charge is 2.26. The summed E-state index contributed by atoms with van der Waals surface area (Å²) in [5, 5.41) is 5.26. The van der Waals surface area contributed by atoms with Crippen molar-refractivity contribution in [2.45, 2.75) is 39.8 Å². The fourth-order valence-electron chi connectivity index (χ4n) is 2.97. The minimum Gasteiger partial charge on any atom is -0.459 e. The van der Waals surface area contributed by atoms with Gasteiger partial charge in [0.1, 0.15) is 18.2 Å². The smallest absolute Gasteiger partial charge is 0.336 e. The predicted octanol–water partition coefficient (Wildman–Crippen LogP) is 3.91. The normalized spacial score (nSPS) is 12.1. The number of carbonyl (C=O) groups excluding carboxylic acids is 2. The number of nitrogens with one attached hydrogen (secondary N) is 1. The minimum atomic E-state index is -0.789. The van der Waals surface area contributed by atoms with E-state index in [1.165, 1.54) is 17.4 Å². The van der Waals surface area contributed by atoms with E-state index in [4.69, 9.17) is 9.15 Å². The summed E-state index contributed by atoms with van der Waals surface area (Å²) in [6.07, 6.45) is 0.818. The molecular formula is C22H23NO5S. The van der Waals surface area contributed by atoms with Gasteiger partial charge in [0, 0.05) is 17.0 Å². The molecule has 3 rings (SSSR count). The predicted molar refractivity (Wildman–Crippen MR) is 112 cm³/mol. The second-order valence-electron chi connectivity index (χ2n) is 7.05. The van der Waals surface area contributed by atoms with Crippen molar-refractivity contribution in [3.63, 3.8) is 0 Å². The number of hydrogen-bond donors (Lipinski definition) is 1. The first-order valence-corrected chi connectivity index (χ1v) is 10.3. The SMILES string of the molecule is CCc1ccc2c(COC(=O)[C@@H](NC(=O)c3cccs3)C(C)C)cc(=O)oc2c1. The highest BCUT2D eigenvalue weighted by molar-refractivity contribution is 7.12. The van der Waals surface area contributed by atoms with Gasteiger partial charge in [-0.05, 0) is 35.4 Å². The first-order valence-electron chi connectivity index (χ1n) is 9.45. The van der Waals surface area contributed by atoms with E-state index in [0.717, 1.165) is 17.4 Å². The Hall–Kier alpha value is -2.93. The third kappa shape index (κ3) is 4.92. The largest absolute Gasteiger partial charge is 0.459 e. The van der Waals surface area contributed by atoms with Crippen molar-refractivity contribution in [3.05, 3.63) is 68.2 Å². The summed E-state index contributed by atoms with van der Waals surface area (Å²) in [6.45, 7) is 5.60. The third-order valence-electron chi connectivity index (χ3n) is 4.62. The van der Waals surface area contributed by atoms with Gasteiger partial charge in [0.2, 0.25) is 0 Å². The number of carbonyl (C=O) groups is 2. The van der Waals surface area contributed by atoms with E-state index in [0.29, 0.717) is 16.0 Å². The zero-order chi connectivity index (χ0) is 21.0. The van der Waals surface area contributed by atoms with Crippen LogP contribution in [0.3, 0.4) is 0 Å². The van der Waals surface area contributed by atoms with Crippen LogP contribution in [0.25, 0.3) is 11.0 Å². The number of rotatable bonds is 7. The average Bonchev–Trinajstić information content (AvgIpc) is 3.23. The zero-order valence-electron chi connectivity index (χ0n) is 16.6. The Bertz CT molecular complexity index is 1070. The molecule has 2 aromatic heterocycles. The average molecular weight is 413 g/mol. The maximum absolute atomic E-state index is 12.6. The fraction of sp³-hybridized carbons (Fsp3) is 0.318. The third-order valence-corrected chi connectivity index (χ3v) is 5.49. The number of aryl methyl sites for hydroxylation is 1. The molecule has 0 fully saturated rings. The lowest BCUT2D eigenvalue weighted by Gasteiger charge is -2.20. The van der Waals surface area contributed by atoms with Crippen molar-refractivity contribution >= 4 is 34.2 Å². The molecule has 29 heavy (non-hydrogen) atoms. The Morgan fingerprint density at radius 2 is 2.00 bits per heavy atom. The van der Waals surface area contributed by atoms with Crippen LogP contribution in [-0.4, -0.2) is 17.9 Å². The first kappa shape index (κ1) is 20.8. The zero-order valence-corrected chi connectivity index (χ0v) is 17.4. The van der Waals surface area contributed by atoms with Crippen molar-refractivity contribution < 1.29 is 18.7 Å². The van der Waals surface area contributed by atoms with Crippen LogP contribution < -0.4 is 10.9 Å². The van der Waals surface area contributed by atoms with Gasteiger partial charge >= 0.3 is 11.6 Å². The van der Waals surface area contributed by atoms with Gasteiger partial charge in [-0.15, -0.1) is 11.3 Å². The van der Waals surface area contributed by atoms with E-state index in [-0.39, 0.29) is 18.4 Å². The van der Waals surface area contributed by atoms with E-state index in [1.807, 2.05) is 39.0 Å². The Morgan fingerprint density at radius 3 is 2.66 bits per heavy atom. The number of thiophene rings is 1. The van der Waals surface area contributed by atoms with Crippen LogP contribution >= 0.6 is 11.3 Å².